The highest BCUT2D eigenvalue weighted by atomic mass is 19.1. The van der Waals surface area contributed by atoms with Gasteiger partial charge in [0.1, 0.15) is 11.9 Å². The van der Waals surface area contributed by atoms with Gasteiger partial charge in [-0.1, -0.05) is 103 Å². The van der Waals surface area contributed by atoms with Crippen LogP contribution in [-0.4, -0.2) is 34.8 Å². The number of halogens is 1. The van der Waals surface area contributed by atoms with Crippen molar-refractivity contribution in [3.63, 3.8) is 0 Å². The van der Waals surface area contributed by atoms with Gasteiger partial charge in [-0.05, 0) is 60.1 Å². The van der Waals surface area contributed by atoms with Crippen molar-refractivity contribution in [3.05, 3.63) is 143 Å². The van der Waals surface area contributed by atoms with E-state index in [9.17, 15) is 9.18 Å². The lowest BCUT2D eigenvalue weighted by molar-refractivity contribution is -0.145. The number of piperazine rings is 1. The molecule has 5 rings (SSSR count). The molecule has 1 fully saturated rings. The summed E-state index contributed by atoms with van der Waals surface area (Å²) in [5, 5.41) is 0. The maximum Gasteiger partial charge on any atom is 0.244 e. The number of carbonyl (C=O) groups is 1. The first kappa shape index (κ1) is 25.9. The Morgan fingerprint density at radius 2 is 1.18 bits per heavy atom. The smallest absolute Gasteiger partial charge is 0.244 e. The Morgan fingerprint density at radius 3 is 1.74 bits per heavy atom. The van der Waals surface area contributed by atoms with Gasteiger partial charge in [-0.15, -0.1) is 0 Å². The summed E-state index contributed by atoms with van der Waals surface area (Å²) < 4.78 is 13.5. The van der Waals surface area contributed by atoms with Crippen LogP contribution in [0.5, 0.6) is 0 Å². The Hall–Kier alpha value is -3.76. The van der Waals surface area contributed by atoms with Gasteiger partial charge in [0, 0.05) is 25.7 Å². The maximum absolute atomic E-state index is 14.3. The van der Waals surface area contributed by atoms with Crippen LogP contribution in [0.25, 0.3) is 0 Å². The Kier molecular flexibility index (Phi) is 8.62. The zero-order chi connectivity index (χ0) is 26.2. The molecular weight excluding hydrogens is 471 g/mol. The molecule has 3 nitrogen and oxygen atoms in total. The molecule has 0 spiro atoms. The molecular formula is C34H35FN2O. The van der Waals surface area contributed by atoms with Gasteiger partial charge in [0.15, 0.2) is 0 Å². The number of hydrogen-bond donors (Lipinski definition) is 0. The zero-order valence-corrected chi connectivity index (χ0v) is 21.8. The summed E-state index contributed by atoms with van der Waals surface area (Å²) in [5.74, 6) is -0.0791. The number of aryl methyl sites for hydroxylation is 2. The third-order valence-electron chi connectivity index (χ3n) is 7.58. The molecule has 1 atom stereocenters. The lowest BCUT2D eigenvalue weighted by Gasteiger charge is -2.44. The summed E-state index contributed by atoms with van der Waals surface area (Å²) in [5.41, 5.74) is 4.63. The molecule has 1 amide bonds. The van der Waals surface area contributed by atoms with Crippen LogP contribution in [0.4, 0.5) is 4.39 Å². The third kappa shape index (κ3) is 6.56. The molecule has 0 radical (unpaired) electrons. The van der Waals surface area contributed by atoms with Crippen molar-refractivity contribution in [2.45, 2.75) is 44.3 Å². The topological polar surface area (TPSA) is 23.6 Å². The van der Waals surface area contributed by atoms with E-state index in [1.165, 1.54) is 23.3 Å². The van der Waals surface area contributed by atoms with Crippen molar-refractivity contribution >= 4 is 5.91 Å². The van der Waals surface area contributed by atoms with Crippen molar-refractivity contribution in [1.29, 1.82) is 0 Å². The predicted octanol–water partition coefficient (Wildman–Crippen LogP) is 6.85. The second-order valence-electron chi connectivity index (χ2n) is 10.1. The van der Waals surface area contributed by atoms with Crippen LogP contribution in [0, 0.1) is 5.82 Å². The first-order valence-corrected chi connectivity index (χ1v) is 13.6. The lowest BCUT2D eigenvalue weighted by atomic mass is 9.94. The largest absolute Gasteiger partial charge is 0.337 e. The van der Waals surface area contributed by atoms with E-state index in [4.69, 9.17) is 0 Å². The minimum absolute atomic E-state index is 0.155. The zero-order valence-electron chi connectivity index (χ0n) is 21.8. The van der Waals surface area contributed by atoms with E-state index in [2.05, 4.69) is 58.3 Å². The number of nitrogens with zero attached hydrogens (tertiary/aromatic N) is 2. The van der Waals surface area contributed by atoms with Gasteiger partial charge in [-0.2, -0.15) is 0 Å². The molecule has 0 bridgehead atoms. The van der Waals surface area contributed by atoms with E-state index in [0.717, 1.165) is 43.4 Å². The van der Waals surface area contributed by atoms with E-state index < -0.39 is 0 Å². The van der Waals surface area contributed by atoms with Crippen LogP contribution in [0.2, 0.25) is 0 Å². The first-order valence-electron chi connectivity index (χ1n) is 13.6. The molecule has 0 N–H and O–H groups in total. The average Bonchev–Trinajstić information content (AvgIpc) is 2.96. The molecule has 194 valence electrons. The Balaban J connectivity index is 1.39. The summed E-state index contributed by atoms with van der Waals surface area (Å²) in [6.07, 6.45) is 3.75. The Labute approximate surface area is 225 Å². The van der Waals surface area contributed by atoms with E-state index in [1.54, 1.807) is 0 Å². The molecule has 38 heavy (non-hydrogen) atoms. The maximum atomic E-state index is 14.3. The molecule has 1 heterocycles. The second kappa shape index (κ2) is 12.7. The molecule has 0 saturated carbocycles. The van der Waals surface area contributed by atoms with Crippen molar-refractivity contribution in [2.75, 3.05) is 13.1 Å². The second-order valence-corrected chi connectivity index (χ2v) is 10.1. The molecule has 1 aliphatic heterocycles. The van der Waals surface area contributed by atoms with Gasteiger partial charge >= 0.3 is 0 Å². The Morgan fingerprint density at radius 1 is 0.658 bits per heavy atom. The summed E-state index contributed by atoms with van der Waals surface area (Å²) in [7, 11) is 0. The van der Waals surface area contributed by atoms with Crippen molar-refractivity contribution in [2.24, 2.45) is 0 Å². The van der Waals surface area contributed by atoms with Crippen LogP contribution in [0.15, 0.2) is 115 Å². The van der Waals surface area contributed by atoms with E-state index in [-0.39, 0.29) is 23.8 Å². The highest BCUT2D eigenvalue weighted by molar-refractivity contribution is 5.84. The first-order chi connectivity index (χ1) is 18.7. The van der Waals surface area contributed by atoms with Gasteiger partial charge in [0.2, 0.25) is 5.91 Å². The molecule has 0 aromatic heterocycles. The number of hydrogen-bond acceptors (Lipinski definition) is 2. The van der Waals surface area contributed by atoms with Crippen LogP contribution in [0.3, 0.4) is 0 Å². The van der Waals surface area contributed by atoms with Crippen LogP contribution >= 0.6 is 0 Å². The van der Waals surface area contributed by atoms with Gasteiger partial charge in [-0.3, -0.25) is 9.69 Å². The lowest BCUT2D eigenvalue weighted by Crippen LogP contribution is -2.55. The van der Waals surface area contributed by atoms with Crippen molar-refractivity contribution in [3.8, 4) is 0 Å². The number of benzene rings is 4. The molecule has 1 saturated heterocycles. The van der Waals surface area contributed by atoms with Gasteiger partial charge in [-0.25, -0.2) is 4.39 Å². The SMILES string of the molecule is O=C1C(c2ccccc2)N(Cc2ccc(F)cc2)CCN1C(CCc1ccccc1)CCc1ccccc1. The normalized spacial score (nSPS) is 16.2. The average molecular weight is 507 g/mol. The third-order valence-corrected chi connectivity index (χ3v) is 7.58. The van der Waals surface area contributed by atoms with E-state index >= 15 is 0 Å². The molecule has 1 unspecified atom stereocenters. The van der Waals surface area contributed by atoms with Crippen molar-refractivity contribution < 1.29 is 9.18 Å². The fourth-order valence-corrected chi connectivity index (χ4v) is 5.55. The Bertz CT molecular complexity index is 1240. The van der Waals surface area contributed by atoms with Crippen LogP contribution in [0.1, 0.15) is 41.1 Å². The monoisotopic (exact) mass is 506 g/mol. The number of carbonyl (C=O) groups excluding carboxylic acids is 1. The fraction of sp³-hybridized carbons (Fsp3) is 0.265. The molecule has 0 aliphatic carbocycles. The molecule has 4 aromatic rings. The van der Waals surface area contributed by atoms with Crippen molar-refractivity contribution in [1.82, 2.24) is 9.80 Å². The summed E-state index contributed by atoms with van der Waals surface area (Å²) in [6.45, 7) is 2.07. The minimum Gasteiger partial charge on any atom is -0.337 e. The van der Waals surface area contributed by atoms with Crippen LogP contribution < -0.4 is 0 Å². The molecule has 1 aliphatic rings. The summed E-state index contributed by atoms with van der Waals surface area (Å²) in [6, 6.07) is 37.6. The number of amides is 1. The number of rotatable bonds is 10. The molecule has 4 aromatic carbocycles. The highest BCUT2D eigenvalue weighted by Crippen LogP contribution is 2.31. The van der Waals surface area contributed by atoms with Gasteiger partial charge in [0.05, 0.1) is 0 Å². The quantitative estimate of drug-likeness (QED) is 0.235. The highest BCUT2D eigenvalue weighted by Gasteiger charge is 2.38. The molecule has 4 heteroatoms. The van der Waals surface area contributed by atoms with E-state index in [1.807, 2.05) is 54.6 Å². The van der Waals surface area contributed by atoms with Gasteiger partial charge in [0.25, 0.3) is 0 Å². The fourth-order valence-electron chi connectivity index (χ4n) is 5.55. The minimum atomic E-state index is -0.356. The van der Waals surface area contributed by atoms with Gasteiger partial charge < -0.3 is 4.90 Å². The predicted molar refractivity (Wildman–Crippen MR) is 151 cm³/mol. The summed E-state index contributed by atoms with van der Waals surface area (Å²) >= 11 is 0. The standard InChI is InChI=1S/C34H35FN2O/c35-31-20-16-29(17-21-31)26-36-24-25-37(34(38)33(36)30-14-8-3-9-15-30)32(22-18-27-10-4-1-5-11-27)23-19-28-12-6-2-7-13-28/h1-17,20-21,32-33H,18-19,22-26H2. The van der Waals surface area contributed by atoms with E-state index in [0.29, 0.717) is 13.1 Å². The van der Waals surface area contributed by atoms with Crippen LogP contribution in [-0.2, 0) is 24.2 Å². The summed E-state index contributed by atoms with van der Waals surface area (Å²) in [4.78, 5) is 18.7.